The molecule has 1 atom stereocenters. The maximum atomic E-state index is 12.7. The highest BCUT2D eigenvalue weighted by molar-refractivity contribution is 5.84. The number of carbonyl (C=O) groups excluding carboxylic acids is 1. The number of carbonyl (C=O) groups is 1. The van der Waals surface area contributed by atoms with Gasteiger partial charge in [-0.2, -0.15) is 0 Å². The molecular formula is C14H25N3O. The first-order valence-corrected chi connectivity index (χ1v) is 7.38. The third-order valence-corrected chi connectivity index (χ3v) is 5.20. The van der Waals surface area contributed by atoms with Crippen molar-refractivity contribution in [1.29, 1.82) is 0 Å². The molecule has 0 aromatic carbocycles. The third-order valence-electron chi connectivity index (χ3n) is 5.20. The summed E-state index contributed by atoms with van der Waals surface area (Å²) in [5, 5.41) is 0. The van der Waals surface area contributed by atoms with Crippen LogP contribution in [-0.2, 0) is 4.79 Å². The smallest absolute Gasteiger partial charge is 0.230 e. The molecule has 3 fully saturated rings. The molecule has 2 saturated heterocycles. The fourth-order valence-electron chi connectivity index (χ4n) is 4.21. The standard InChI is InChI=1S/C14H25N3O/c1-11-7-14(8-11,10-15)13(18)17-6-5-16-4-2-3-12(16)9-17/h11-12H,2-10,15H2,1H3. The molecule has 1 unspecified atom stereocenters. The molecule has 2 heterocycles. The van der Waals surface area contributed by atoms with Crippen LogP contribution >= 0.6 is 0 Å². The van der Waals surface area contributed by atoms with Gasteiger partial charge in [0.05, 0.1) is 5.41 Å². The highest BCUT2D eigenvalue weighted by Gasteiger charge is 2.49. The lowest BCUT2D eigenvalue weighted by atomic mass is 9.61. The first kappa shape index (κ1) is 12.4. The van der Waals surface area contributed by atoms with Crippen molar-refractivity contribution in [3.05, 3.63) is 0 Å². The van der Waals surface area contributed by atoms with Crippen molar-refractivity contribution in [3.8, 4) is 0 Å². The zero-order valence-corrected chi connectivity index (χ0v) is 11.4. The van der Waals surface area contributed by atoms with Gasteiger partial charge in [-0.25, -0.2) is 0 Å². The van der Waals surface area contributed by atoms with Crippen molar-refractivity contribution in [3.63, 3.8) is 0 Å². The Morgan fingerprint density at radius 3 is 2.78 bits per heavy atom. The van der Waals surface area contributed by atoms with Gasteiger partial charge in [0.2, 0.25) is 5.91 Å². The van der Waals surface area contributed by atoms with Gasteiger partial charge in [-0.15, -0.1) is 0 Å². The van der Waals surface area contributed by atoms with Crippen LogP contribution in [0.3, 0.4) is 0 Å². The summed E-state index contributed by atoms with van der Waals surface area (Å²) in [4.78, 5) is 17.3. The minimum atomic E-state index is -0.208. The molecule has 0 aromatic rings. The fourth-order valence-corrected chi connectivity index (χ4v) is 4.21. The second-order valence-electron chi connectivity index (χ2n) is 6.58. The van der Waals surface area contributed by atoms with Gasteiger partial charge in [0, 0.05) is 32.2 Å². The number of nitrogens with zero attached hydrogens (tertiary/aromatic N) is 2. The first-order chi connectivity index (χ1) is 8.64. The number of hydrogen-bond acceptors (Lipinski definition) is 3. The number of fused-ring (bicyclic) bond motifs is 1. The van der Waals surface area contributed by atoms with Crippen LogP contribution in [-0.4, -0.2) is 54.5 Å². The Morgan fingerprint density at radius 1 is 1.33 bits per heavy atom. The molecular weight excluding hydrogens is 226 g/mol. The predicted octanol–water partition coefficient (Wildman–Crippen LogP) is 0.668. The Bertz CT molecular complexity index is 338. The van der Waals surface area contributed by atoms with Gasteiger partial charge in [-0.05, 0) is 38.1 Å². The minimum absolute atomic E-state index is 0.208. The fraction of sp³-hybridized carbons (Fsp3) is 0.929. The van der Waals surface area contributed by atoms with E-state index in [-0.39, 0.29) is 5.41 Å². The number of rotatable bonds is 2. The number of nitrogens with two attached hydrogens (primary N) is 1. The molecule has 4 nitrogen and oxygen atoms in total. The van der Waals surface area contributed by atoms with Gasteiger partial charge in [0.1, 0.15) is 0 Å². The van der Waals surface area contributed by atoms with Gasteiger partial charge in [0.25, 0.3) is 0 Å². The molecule has 1 saturated carbocycles. The van der Waals surface area contributed by atoms with E-state index in [2.05, 4.69) is 16.7 Å². The summed E-state index contributed by atoms with van der Waals surface area (Å²) in [5.41, 5.74) is 5.68. The molecule has 0 aromatic heterocycles. The second-order valence-corrected chi connectivity index (χ2v) is 6.58. The lowest BCUT2D eigenvalue weighted by molar-refractivity contribution is -0.152. The van der Waals surface area contributed by atoms with Crippen LogP contribution in [0.15, 0.2) is 0 Å². The molecule has 0 bridgehead atoms. The molecule has 18 heavy (non-hydrogen) atoms. The van der Waals surface area contributed by atoms with Crippen LogP contribution in [0, 0.1) is 11.3 Å². The molecule has 2 N–H and O–H groups in total. The first-order valence-electron chi connectivity index (χ1n) is 7.38. The maximum absolute atomic E-state index is 12.7. The van der Waals surface area contributed by atoms with Crippen molar-refractivity contribution >= 4 is 5.91 Å². The molecule has 0 spiro atoms. The molecule has 3 rings (SSSR count). The van der Waals surface area contributed by atoms with Crippen molar-refractivity contribution in [2.45, 2.75) is 38.6 Å². The van der Waals surface area contributed by atoms with Gasteiger partial charge >= 0.3 is 0 Å². The number of piperazine rings is 1. The van der Waals surface area contributed by atoms with Gasteiger partial charge in [0.15, 0.2) is 0 Å². The lowest BCUT2D eigenvalue weighted by Gasteiger charge is -2.49. The van der Waals surface area contributed by atoms with Crippen molar-refractivity contribution in [2.24, 2.45) is 17.1 Å². The molecule has 1 amide bonds. The Hall–Kier alpha value is -0.610. The van der Waals surface area contributed by atoms with E-state index >= 15 is 0 Å². The zero-order valence-electron chi connectivity index (χ0n) is 11.4. The van der Waals surface area contributed by atoms with Crippen LogP contribution in [0.1, 0.15) is 32.6 Å². The highest BCUT2D eigenvalue weighted by Crippen LogP contribution is 2.46. The summed E-state index contributed by atoms with van der Waals surface area (Å²) in [6.45, 7) is 6.88. The van der Waals surface area contributed by atoms with E-state index in [1.54, 1.807) is 0 Å². The Balaban J connectivity index is 1.66. The van der Waals surface area contributed by atoms with E-state index in [4.69, 9.17) is 5.73 Å². The Labute approximate surface area is 109 Å². The summed E-state index contributed by atoms with van der Waals surface area (Å²) in [5.74, 6) is 1.01. The molecule has 2 aliphatic heterocycles. The molecule has 4 heteroatoms. The highest BCUT2D eigenvalue weighted by atomic mass is 16.2. The summed E-state index contributed by atoms with van der Waals surface area (Å²) in [6.07, 6.45) is 4.54. The predicted molar refractivity (Wildman–Crippen MR) is 71.1 cm³/mol. The van der Waals surface area contributed by atoms with Crippen LogP contribution in [0.25, 0.3) is 0 Å². The monoisotopic (exact) mass is 251 g/mol. The van der Waals surface area contributed by atoms with E-state index in [0.717, 1.165) is 32.5 Å². The van der Waals surface area contributed by atoms with Gasteiger partial charge in [-0.1, -0.05) is 6.92 Å². The topological polar surface area (TPSA) is 49.6 Å². The third kappa shape index (κ3) is 1.86. The van der Waals surface area contributed by atoms with Crippen molar-refractivity contribution in [1.82, 2.24) is 9.80 Å². The van der Waals surface area contributed by atoms with Gasteiger partial charge < -0.3 is 10.6 Å². The summed E-state index contributed by atoms with van der Waals surface area (Å²) in [6, 6.07) is 0.620. The minimum Gasteiger partial charge on any atom is -0.339 e. The number of amides is 1. The van der Waals surface area contributed by atoms with Crippen LogP contribution in [0.5, 0.6) is 0 Å². The van der Waals surface area contributed by atoms with Crippen molar-refractivity contribution < 1.29 is 4.79 Å². The largest absolute Gasteiger partial charge is 0.339 e. The van der Waals surface area contributed by atoms with Crippen LogP contribution in [0.2, 0.25) is 0 Å². The van der Waals surface area contributed by atoms with E-state index in [1.807, 2.05) is 0 Å². The quantitative estimate of drug-likeness (QED) is 0.784. The average Bonchev–Trinajstić information content (AvgIpc) is 2.80. The van der Waals surface area contributed by atoms with Gasteiger partial charge in [-0.3, -0.25) is 9.69 Å². The van der Waals surface area contributed by atoms with Crippen LogP contribution < -0.4 is 5.73 Å². The average molecular weight is 251 g/mol. The normalized spacial score (nSPS) is 40.4. The number of hydrogen-bond donors (Lipinski definition) is 1. The summed E-state index contributed by atoms with van der Waals surface area (Å²) >= 11 is 0. The summed E-state index contributed by atoms with van der Waals surface area (Å²) < 4.78 is 0. The Kier molecular flexibility index (Phi) is 3.10. The van der Waals surface area contributed by atoms with Crippen LogP contribution in [0.4, 0.5) is 0 Å². The molecule has 0 radical (unpaired) electrons. The van der Waals surface area contributed by atoms with E-state index in [0.29, 0.717) is 24.4 Å². The molecule has 3 aliphatic rings. The summed E-state index contributed by atoms with van der Waals surface area (Å²) in [7, 11) is 0. The van der Waals surface area contributed by atoms with Crippen molar-refractivity contribution in [2.75, 3.05) is 32.7 Å². The Morgan fingerprint density at radius 2 is 2.11 bits per heavy atom. The second kappa shape index (κ2) is 4.49. The SMILES string of the molecule is CC1CC(CN)(C(=O)N2CCN3CCCC3C2)C1. The van der Waals surface area contributed by atoms with E-state index in [9.17, 15) is 4.79 Å². The van der Waals surface area contributed by atoms with E-state index in [1.165, 1.54) is 19.4 Å². The maximum Gasteiger partial charge on any atom is 0.230 e. The molecule has 102 valence electrons. The van der Waals surface area contributed by atoms with E-state index < -0.39 is 0 Å². The zero-order chi connectivity index (χ0) is 12.8. The lowest BCUT2D eigenvalue weighted by Crippen LogP contribution is -2.60. The molecule has 1 aliphatic carbocycles.